The Morgan fingerprint density at radius 2 is 1.73 bits per heavy atom. The topological polar surface area (TPSA) is 61.4 Å². The fourth-order valence-corrected chi connectivity index (χ4v) is 4.13. The standard InChI is InChI=1S/C17H20F3N3O2S/c18-17(19,20)16(23-9-7-21-8-10-23)12-22-26(24,25)15-6-5-13-3-1-2-4-14(13)11-15/h1-6,11,16,21-22H,7-10,12H2. The smallest absolute Gasteiger partial charge is 0.314 e. The molecule has 2 N–H and O–H groups in total. The maximum Gasteiger partial charge on any atom is 0.405 e. The first-order valence-electron chi connectivity index (χ1n) is 8.27. The number of benzene rings is 2. The van der Waals surface area contributed by atoms with Crippen LogP contribution in [0.5, 0.6) is 0 Å². The van der Waals surface area contributed by atoms with Gasteiger partial charge in [-0.05, 0) is 22.9 Å². The van der Waals surface area contributed by atoms with Gasteiger partial charge in [0.25, 0.3) is 0 Å². The van der Waals surface area contributed by atoms with E-state index < -0.39 is 28.8 Å². The molecule has 0 aliphatic carbocycles. The molecule has 3 rings (SSSR count). The van der Waals surface area contributed by atoms with Crippen molar-refractivity contribution < 1.29 is 21.6 Å². The third-order valence-electron chi connectivity index (χ3n) is 4.47. The molecular formula is C17H20F3N3O2S. The van der Waals surface area contributed by atoms with Gasteiger partial charge in [0.2, 0.25) is 10.0 Å². The maximum atomic E-state index is 13.4. The highest BCUT2D eigenvalue weighted by Gasteiger charge is 2.44. The second kappa shape index (κ2) is 7.51. The van der Waals surface area contributed by atoms with Crippen LogP contribution in [0.1, 0.15) is 0 Å². The summed E-state index contributed by atoms with van der Waals surface area (Å²) in [7, 11) is -4.04. The quantitative estimate of drug-likeness (QED) is 0.823. The zero-order valence-corrected chi connectivity index (χ0v) is 14.8. The minimum absolute atomic E-state index is 0.0440. The molecule has 2 aromatic rings. The van der Waals surface area contributed by atoms with E-state index in [9.17, 15) is 21.6 Å². The second-order valence-corrected chi connectivity index (χ2v) is 7.97. The molecule has 1 aliphatic rings. The van der Waals surface area contributed by atoms with Gasteiger partial charge in [0, 0.05) is 32.7 Å². The van der Waals surface area contributed by atoms with Crippen LogP contribution in [0.25, 0.3) is 10.8 Å². The van der Waals surface area contributed by atoms with Crippen LogP contribution in [0.3, 0.4) is 0 Å². The number of sulfonamides is 1. The predicted molar refractivity (Wildman–Crippen MR) is 93.4 cm³/mol. The number of halogens is 3. The van der Waals surface area contributed by atoms with E-state index in [1.807, 2.05) is 12.1 Å². The molecule has 0 aromatic heterocycles. The van der Waals surface area contributed by atoms with Crippen molar-refractivity contribution in [3.63, 3.8) is 0 Å². The number of hydrogen-bond acceptors (Lipinski definition) is 4. The van der Waals surface area contributed by atoms with Gasteiger partial charge < -0.3 is 5.32 Å². The van der Waals surface area contributed by atoms with Gasteiger partial charge in [-0.1, -0.05) is 30.3 Å². The van der Waals surface area contributed by atoms with Crippen molar-refractivity contribution in [3.05, 3.63) is 42.5 Å². The molecule has 0 spiro atoms. The molecule has 26 heavy (non-hydrogen) atoms. The summed E-state index contributed by atoms with van der Waals surface area (Å²) in [6.45, 7) is 0.635. The van der Waals surface area contributed by atoms with E-state index in [0.717, 1.165) is 5.39 Å². The summed E-state index contributed by atoms with van der Waals surface area (Å²) in [5.41, 5.74) is 0. The first-order valence-corrected chi connectivity index (χ1v) is 9.76. The SMILES string of the molecule is O=S(=O)(NCC(N1CCNCC1)C(F)(F)F)c1ccc2ccccc2c1. The lowest BCUT2D eigenvalue weighted by Crippen LogP contribution is -2.57. The number of alkyl halides is 3. The van der Waals surface area contributed by atoms with Gasteiger partial charge in [0.15, 0.2) is 0 Å². The minimum atomic E-state index is -4.51. The summed E-state index contributed by atoms with van der Waals surface area (Å²) >= 11 is 0. The number of rotatable bonds is 5. The summed E-state index contributed by atoms with van der Waals surface area (Å²) in [4.78, 5) is 1.22. The van der Waals surface area contributed by atoms with Crippen LogP contribution in [0.2, 0.25) is 0 Å². The van der Waals surface area contributed by atoms with E-state index in [4.69, 9.17) is 0 Å². The molecule has 1 fully saturated rings. The third kappa shape index (κ3) is 4.35. The molecule has 0 saturated carbocycles. The molecule has 5 nitrogen and oxygen atoms in total. The van der Waals surface area contributed by atoms with Crippen molar-refractivity contribution in [1.29, 1.82) is 0 Å². The number of fused-ring (bicyclic) bond motifs is 1. The average molecular weight is 387 g/mol. The summed E-state index contributed by atoms with van der Waals surface area (Å²) in [6.07, 6.45) is -4.51. The largest absolute Gasteiger partial charge is 0.405 e. The van der Waals surface area contributed by atoms with Gasteiger partial charge in [-0.15, -0.1) is 0 Å². The lowest BCUT2D eigenvalue weighted by molar-refractivity contribution is -0.182. The predicted octanol–water partition coefficient (Wildman–Crippen LogP) is 1.95. The Bertz CT molecular complexity index is 865. The monoisotopic (exact) mass is 387 g/mol. The van der Waals surface area contributed by atoms with E-state index in [0.29, 0.717) is 18.5 Å². The molecule has 2 aromatic carbocycles. The van der Waals surface area contributed by atoms with E-state index in [2.05, 4.69) is 10.0 Å². The minimum Gasteiger partial charge on any atom is -0.314 e. The van der Waals surface area contributed by atoms with Gasteiger partial charge in [0.1, 0.15) is 6.04 Å². The molecule has 0 radical (unpaired) electrons. The summed E-state index contributed by atoms with van der Waals surface area (Å²) in [5, 5.41) is 4.56. The van der Waals surface area contributed by atoms with Crippen molar-refractivity contribution in [2.24, 2.45) is 0 Å². The van der Waals surface area contributed by atoms with Crippen LogP contribution in [0.4, 0.5) is 13.2 Å². The average Bonchev–Trinajstić information content (AvgIpc) is 2.61. The van der Waals surface area contributed by atoms with Crippen LogP contribution in [-0.2, 0) is 10.0 Å². The second-order valence-electron chi connectivity index (χ2n) is 6.20. The number of nitrogens with one attached hydrogen (secondary N) is 2. The Hall–Kier alpha value is -1.68. The van der Waals surface area contributed by atoms with Crippen LogP contribution < -0.4 is 10.0 Å². The molecule has 1 unspecified atom stereocenters. The van der Waals surface area contributed by atoms with Gasteiger partial charge >= 0.3 is 6.18 Å². The lowest BCUT2D eigenvalue weighted by atomic mass is 10.1. The van der Waals surface area contributed by atoms with Gasteiger partial charge in [-0.25, -0.2) is 13.1 Å². The number of nitrogens with zero attached hydrogens (tertiary/aromatic N) is 1. The molecular weight excluding hydrogens is 367 g/mol. The fraction of sp³-hybridized carbons (Fsp3) is 0.412. The van der Waals surface area contributed by atoms with Crippen LogP contribution in [0.15, 0.2) is 47.4 Å². The summed E-state index contributed by atoms with van der Waals surface area (Å²) < 4.78 is 67.3. The number of piperazine rings is 1. The number of hydrogen-bond donors (Lipinski definition) is 2. The van der Waals surface area contributed by atoms with Crippen molar-refractivity contribution in [1.82, 2.24) is 14.9 Å². The van der Waals surface area contributed by atoms with Crippen LogP contribution in [0, 0.1) is 0 Å². The first-order chi connectivity index (χ1) is 12.3. The highest BCUT2D eigenvalue weighted by Crippen LogP contribution is 2.25. The molecule has 9 heteroatoms. The molecule has 1 saturated heterocycles. The summed E-state index contributed by atoms with van der Waals surface area (Å²) in [5.74, 6) is 0. The fourth-order valence-electron chi connectivity index (χ4n) is 3.05. The first kappa shape index (κ1) is 19.1. The lowest BCUT2D eigenvalue weighted by Gasteiger charge is -2.35. The maximum absolute atomic E-state index is 13.4. The van der Waals surface area contributed by atoms with Crippen molar-refractivity contribution >= 4 is 20.8 Å². The Morgan fingerprint density at radius 3 is 2.38 bits per heavy atom. The third-order valence-corrected chi connectivity index (χ3v) is 5.89. The highest BCUT2D eigenvalue weighted by molar-refractivity contribution is 7.89. The molecule has 1 atom stereocenters. The molecule has 142 valence electrons. The van der Waals surface area contributed by atoms with E-state index in [1.54, 1.807) is 18.2 Å². The van der Waals surface area contributed by atoms with E-state index in [-0.39, 0.29) is 18.0 Å². The zero-order chi connectivity index (χ0) is 18.8. The molecule has 1 heterocycles. The van der Waals surface area contributed by atoms with Crippen molar-refractivity contribution in [2.75, 3.05) is 32.7 Å². The normalized spacial score (nSPS) is 18.1. The van der Waals surface area contributed by atoms with E-state index >= 15 is 0 Å². The van der Waals surface area contributed by atoms with Crippen LogP contribution >= 0.6 is 0 Å². The molecule has 0 bridgehead atoms. The molecule has 0 amide bonds. The zero-order valence-electron chi connectivity index (χ0n) is 14.0. The van der Waals surface area contributed by atoms with Crippen LogP contribution in [-0.4, -0.2) is 58.3 Å². The molecule has 1 aliphatic heterocycles. The summed E-state index contributed by atoms with van der Waals surface area (Å²) in [6, 6.07) is 9.85. The Kier molecular flexibility index (Phi) is 5.52. The van der Waals surface area contributed by atoms with Crippen molar-refractivity contribution in [3.8, 4) is 0 Å². The van der Waals surface area contributed by atoms with Crippen molar-refractivity contribution in [2.45, 2.75) is 17.1 Å². The highest BCUT2D eigenvalue weighted by atomic mass is 32.2. The van der Waals surface area contributed by atoms with E-state index in [1.165, 1.54) is 17.0 Å². The Balaban J connectivity index is 1.78. The van der Waals surface area contributed by atoms with Gasteiger partial charge in [0.05, 0.1) is 4.90 Å². The Morgan fingerprint density at radius 1 is 1.08 bits per heavy atom. The Labute approximate surface area is 150 Å². The van der Waals surface area contributed by atoms with Gasteiger partial charge in [-0.3, -0.25) is 4.90 Å². The van der Waals surface area contributed by atoms with Gasteiger partial charge in [-0.2, -0.15) is 13.2 Å².